The Labute approximate surface area is 117 Å². The van der Waals surface area contributed by atoms with Gasteiger partial charge in [-0.1, -0.05) is 12.1 Å². The van der Waals surface area contributed by atoms with Crippen LogP contribution in [0.25, 0.3) is 10.8 Å². The summed E-state index contributed by atoms with van der Waals surface area (Å²) in [6.45, 7) is 0.648. The third-order valence-electron chi connectivity index (χ3n) is 3.21. The second-order valence-electron chi connectivity index (χ2n) is 4.61. The van der Waals surface area contributed by atoms with Crippen molar-refractivity contribution in [2.24, 2.45) is 0 Å². The minimum atomic E-state index is -0.772. The summed E-state index contributed by atoms with van der Waals surface area (Å²) in [5.74, 6) is 0.878. The number of carboxylic acid groups (broad SMARTS) is 1. The molecule has 20 heavy (non-hydrogen) atoms. The minimum absolute atomic E-state index is 0.165. The van der Waals surface area contributed by atoms with Gasteiger partial charge in [0.1, 0.15) is 11.6 Å². The van der Waals surface area contributed by atoms with Crippen LogP contribution in [-0.2, 0) is 4.79 Å². The van der Waals surface area contributed by atoms with E-state index < -0.39 is 5.97 Å². The number of benzene rings is 1. The molecule has 0 aliphatic rings. The summed E-state index contributed by atoms with van der Waals surface area (Å²) in [5, 5.41) is 10.7. The normalized spacial score (nSPS) is 10.5. The van der Waals surface area contributed by atoms with Crippen LogP contribution >= 0.6 is 0 Å². The Hall–Kier alpha value is -2.30. The summed E-state index contributed by atoms with van der Waals surface area (Å²) in [6, 6.07) is 7.75. The van der Waals surface area contributed by atoms with Crippen LogP contribution < -0.4 is 9.64 Å². The Morgan fingerprint density at radius 3 is 2.85 bits per heavy atom. The van der Waals surface area contributed by atoms with Gasteiger partial charge < -0.3 is 14.7 Å². The van der Waals surface area contributed by atoms with Crippen LogP contribution in [0.15, 0.2) is 30.5 Å². The average molecular weight is 274 g/mol. The number of carbonyl (C=O) groups is 1. The molecule has 0 saturated carbocycles. The number of carboxylic acids is 1. The molecule has 1 N–H and O–H groups in total. The van der Waals surface area contributed by atoms with Crippen molar-refractivity contribution in [1.29, 1.82) is 0 Å². The maximum absolute atomic E-state index is 10.6. The second-order valence-corrected chi connectivity index (χ2v) is 4.61. The molecule has 2 rings (SSSR count). The van der Waals surface area contributed by atoms with Crippen LogP contribution in [0.3, 0.4) is 0 Å². The van der Waals surface area contributed by atoms with Crippen molar-refractivity contribution >= 4 is 22.6 Å². The molecule has 2 aromatic rings. The van der Waals surface area contributed by atoms with Gasteiger partial charge in [-0.3, -0.25) is 4.79 Å². The Kier molecular flexibility index (Phi) is 4.40. The molecule has 0 bridgehead atoms. The van der Waals surface area contributed by atoms with E-state index in [-0.39, 0.29) is 6.42 Å². The third-order valence-corrected chi connectivity index (χ3v) is 3.21. The number of anilines is 1. The van der Waals surface area contributed by atoms with E-state index >= 15 is 0 Å². The van der Waals surface area contributed by atoms with E-state index in [2.05, 4.69) is 4.98 Å². The van der Waals surface area contributed by atoms with Gasteiger partial charge in [-0.15, -0.1) is 0 Å². The van der Waals surface area contributed by atoms with Crippen molar-refractivity contribution in [3.05, 3.63) is 30.5 Å². The first-order valence-corrected chi connectivity index (χ1v) is 6.48. The zero-order chi connectivity index (χ0) is 14.5. The monoisotopic (exact) mass is 274 g/mol. The maximum atomic E-state index is 10.6. The molecule has 1 aromatic carbocycles. The van der Waals surface area contributed by atoms with E-state index in [0.29, 0.717) is 13.0 Å². The standard InChI is InChI=1S/C15H18N2O3/c1-17(10-4-7-14(18)19)15-12-5-3-6-13(20-2)11(12)8-9-16-15/h3,5-6,8-9H,4,7,10H2,1-2H3,(H,18,19). The molecule has 0 aliphatic heterocycles. The minimum Gasteiger partial charge on any atom is -0.496 e. The molecule has 0 amide bonds. The fourth-order valence-electron chi connectivity index (χ4n) is 2.22. The Bertz CT molecular complexity index is 613. The van der Waals surface area contributed by atoms with Gasteiger partial charge in [0, 0.05) is 37.0 Å². The van der Waals surface area contributed by atoms with Crippen molar-refractivity contribution in [3.8, 4) is 5.75 Å². The zero-order valence-electron chi connectivity index (χ0n) is 11.7. The molecule has 0 spiro atoms. The highest BCUT2D eigenvalue weighted by molar-refractivity contribution is 5.96. The van der Waals surface area contributed by atoms with Crippen LogP contribution in [0, 0.1) is 0 Å². The molecule has 1 aromatic heterocycles. The van der Waals surface area contributed by atoms with Gasteiger partial charge in [-0.25, -0.2) is 4.98 Å². The molecule has 0 fully saturated rings. The molecule has 0 radical (unpaired) electrons. The van der Waals surface area contributed by atoms with E-state index in [4.69, 9.17) is 9.84 Å². The van der Waals surface area contributed by atoms with Crippen LogP contribution in [-0.4, -0.2) is 36.8 Å². The Balaban J connectivity index is 2.27. The van der Waals surface area contributed by atoms with Crippen molar-refractivity contribution in [2.75, 3.05) is 25.6 Å². The Morgan fingerprint density at radius 1 is 1.35 bits per heavy atom. The summed E-state index contributed by atoms with van der Waals surface area (Å²) < 4.78 is 5.35. The smallest absolute Gasteiger partial charge is 0.303 e. The van der Waals surface area contributed by atoms with Gasteiger partial charge in [-0.05, 0) is 18.6 Å². The van der Waals surface area contributed by atoms with Gasteiger partial charge in [0.15, 0.2) is 0 Å². The highest BCUT2D eigenvalue weighted by Gasteiger charge is 2.10. The van der Waals surface area contributed by atoms with E-state index in [1.54, 1.807) is 13.3 Å². The van der Waals surface area contributed by atoms with Crippen LogP contribution in [0.4, 0.5) is 5.82 Å². The van der Waals surface area contributed by atoms with Gasteiger partial charge in [0.25, 0.3) is 0 Å². The van der Waals surface area contributed by atoms with Crippen LogP contribution in [0.5, 0.6) is 5.75 Å². The molecule has 5 heteroatoms. The lowest BCUT2D eigenvalue weighted by atomic mass is 10.1. The predicted octanol–water partition coefficient (Wildman–Crippen LogP) is 2.54. The van der Waals surface area contributed by atoms with E-state index in [0.717, 1.165) is 22.3 Å². The van der Waals surface area contributed by atoms with E-state index in [1.165, 1.54) is 0 Å². The van der Waals surface area contributed by atoms with Gasteiger partial charge in [0.05, 0.1) is 7.11 Å². The van der Waals surface area contributed by atoms with Crippen LogP contribution in [0.1, 0.15) is 12.8 Å². The number of rotatable bonds is 6. The van der Waals surface area contributed by atoms with Crippen molar-refractivity contribution in [3.63, 3.8) is 0 Å². The highest BCUT2D eigenvalue weighted by atomic mass is 16.5. The number of aliphatic carboxylic acids is 1. The van der Waals surface area contributed by atoms with Gasteiger partial charge >= 0.3 is 5.97 Å². The fraction of sp³-hybridized carbons (Fsp3) is 0.333. The fourth-order valence-corrected chi connectivity index (χ4v) is 2.22. The third kappa shape index (κ3) is 2.99. The molecule has 0 aliphatic carbocycles. The first-order valence-electron chi connectivity index (χ1n) is 6.48. The van der Waals surface area contributed by atoms with Crippen molar-refractivity contribution < 1.29 is 14.6 Å². The molecule has 5 nitrogen and oxygen atoms in total. The maximum Gasteiger partial charge on any atom is 0.303 e. The number of hydrogen-bond donors (Lipinski definition) is 1. The molecule has 1 heterocycles. The number of pyridine rings is 1. The number of ether oxygens (including phenoxy) is 1. The number of nitrogens with zero attached hydrogens (tertiary/aromatic N) is 2. The first-order chi connectivity index (χ1) is 9.63. The lowest BCUT2D eigenvalue weighted by molar-refractivity contribution is -0.137. The van der Waals surface area contributed by atoms with E-state index in [1.807, 2.05) is 36.2 Å². The zero-order valence-corrected chi connectivity index (χ0v) is 11.7. The first kappa shape index (κ1) is 14.1. The number of hydrogen-bond acceptors (Lipinski definition) is 4. The predicted molar refractivity (Wildman–Crippen MR) is 78.4 cm³/mol. The average Bonchev–Trinajstić information content (AvgIpc) is 2.45. The number of fused-ring (bicyclic) bond motifs is 1. The Morgan fingerprint density at radius 2 is 2.15 bits per heavy atom. The molecule has 0 unspecified atom stereocenters. The SMILES string of the molecule is COc1cccc2c(N(C)CCCC(=O)O)nccc12. The second kappa shape index (κ2) is 6.23. The van der Waals surface area contributed by atoms with Gasteiger partial charge in [0.2, 0.25) is 0 Å². The largest absolute Gasteiger partial charge is 0.496 e. The summed E-state index contributed by atoms with van der Waals surface area (Å²) in [4.78, 5) is 16.9. The number of aromatic nitrogens is 1. The van der Waals surface area contributed by atoms with Gasteiger partial charge in [-0.2, -0.15) is 0 Å². The lowest BCUT2D eigenvalue weighted by Crippen LogP contribution is -2.20. The summed E-state index contributed by atoms with van der Waals surface area (Å²) in [5.41, 5.74) is 0. The highest BCUT2D eigenvalue weighted by Crippen LogP contribution is 2.30. The lowest BCUT2D eigenvalue weighted by Gasteiger charge is -2.20. The molecule has 0 saturated heterocycles. The topological polar surface area (TPSA) is 62.7 Å². The number of methoxy groups -OCH3 is 1. The quantitative estimate of drug-likeness (QED) is 0.877. The molecule has 0 atom stereocenters. The summed E-state index contributed by atoms with van der Waals surface area (Å²) >= 11 is 0. The van der Waals surface area contributed by atoms with E-state index in [9.17, 15) is 4.79 Å². The molecular formula is C15H18N2O3. The molecular weight excluding hydrogens is 256 g/mol. The molecule has 106 valence electrons. The summed E-state index contributed by atoms with van der Waals surface area (Å²) in [6.07, 6.45) is 2.50. The summed E-state index contributed by atoms with van der Waals surface area (Å²) in [7, 11) is 3.56. The van der Waals surface area contributed by atoms with Crippen molar-refractivity contribution in [1.82, 2.24) is 4.98 Å². The van der Waals surface area contributed by atoms with Crippen LogP contribution in [0.2, 0.25) is 0 Å². The van der Waals surface area contributed by atoms with Crippen molar-refractivity contribution in [2.45, 2.75) is 12.8 Å².